The van der Waals surface area contributed by atoms with Gasteiger partial charge in [-0.05, 0) is 61.7 Å². The van der Waals surface area contributed by atoms with Crippen molar-refractivity contribution in [3.63, 3.8) is 0 Å². The van der Waals surface area contributed by atoms with Crippen LogP contribution in [0.5, 0.6) is 0 Å². The van der Waals surface area contributed by atoms with E-state index in [-0.39, 0.29) is 21.9 Å². The Balaban J connectivity index is 1.67. The Morgan fingerprint density at radius 3 is 2.34 bits per heavy atom. The first-order valence-corrected chi connectivity index (χ1v) is 13.2. The number of amides is 1. The monoisotopic (exact) mass is 481 g/mol. The standard InChI is InChI=1S/C21H27N3O6S2/c1-30-15-5-12-22-31(26,27)19-10-8-18(9-11-19)23-21(25)17-6-4-7-20(16-17)32(28,29)24-13-2-3-14-24/h4,6-11,16,22H,2-3,5,12-15H2,1H3,(H,23,25). The van der Waals surface area contributed by atoms with Crippen molar-refractivity contribution in [1.82, 2.24) is 9.03 Å². The van der Waals surface area contributed by atoms with Crippen LogP contribution in [0.4, 0.5) is 5.69 Å². The SMILES string of the molecule is COCCCNS(=O)(=O)c1ccc(NC(=O)c2cccc(S(=O)(=O)N3CCCC3)c2)cc1. The van der Waals surface area contributed by atoms with Gasteiger partial charge in [0.1, 0.15) is 0 Å². The summed E-state index contributed by atoms with van der Waals surface area (Å²) < 4.78 is 58.9. The molecule has 9 nitrogen and oxygen atoms in total. The van der Waals surface area contributed by atoms with E-state index in [0.717, 1.165) is 12.8 Å². The lowest BCUT2D eigenvalue weighted by Gasteiger charge is -2.16. The molecule has 0 atom stereocenters. The molecule has 0 radical (unpaired) electrons. The number of ether oxygens (including phenoxy) is 1. The Morgan fingerprint density at radius 2 is 1.69 bits per heavy atom. The van der Waals surface area contributed by atoms with Gasteiger partial charge in [0.25, 0.3) is 5.91 Å². The third kappa shape index (κ3) is 5.93. The largest absolute Gasteiger partial charge is 0.385 e. The van der Waals surface area contributed by atoms with E-state index in [2.05, 4.69) is 10.0 Å². The van der Waals surface area contributed by atoms with Crippen LogP contribution < -0.4 is 10.0 Å². The molecule has 0 aliphatic carbocycles. The van der Waals surface area contributed by atoms with Crippen molar-refractivity contribution in [3.8, 4) is 0 Å². The van der Waals surface area contributed by atoms with Gasteiger partial charge >= 0.3 is 0 Å². The summed E-state index contributed by atoms with van der Waals surface area (Å²) in [7, 11) is -5.74. The Kier molecular flexibility index (Phi) is 8.01. The highest BCUT2D eigenvalue weighted by Gasteiger charge is 2.27. The van der Waals surface area contributed by atoms with Crippen LogP contribution in [0.15, 0.2) is 58.3 Å². The lowest BCUT2D eigenvalue weighted by atomic mass is 10.2. The molecule has 2 aromatic carbocycles. The third-order valence-electron chi connectivity index (χ3n) is 5.04. The molecule has 0 spiro atoms. The Labute approximate surface area is 188 Å². The third-order valence-corrected chi connectivity index (χ3v) is 8.41. The molecule has 0 bridgehead atoms. The van der Waals surface area contributed by atoms with E-state index in [1.807, 2.05) is 0 Å². The fourth-order valence-electron chi connectivity index (χ4n) is 3.30. The maximum absolute atomic E-state index is 12.7. The van der Waals surface area contributed by atoms with E-state index in [1.165, 1.54) is 52.8 Å². The number of benzene rings is 2. The summed E-state index contributed by atoms with van der Waals surface area (Å²) in [5, 5.41) is 2.67. The summed E-state index contributed by atoms with van der Waals surface area (Å²) in [6.07, 6.45) is 2.21. The maximum Gasteiger partial charge on any atom is 0.255 e. The quantitative estimate of drug-likeness (QED) is 0.501. The van der Waals surface area contributed by atoms with E-state index in [1.54, 1.807) is 7.11 Å². The zero-order valence-electron chi connectivity index (χ0n) is 17.8. The average molecular weight is 482 g/mol. The topological polar surface area (TPSA) is 122 Å². The van der Waals surface area contributed by atoms with Crippen LogP contribution in [0.25, 0.3) is 0 Å². The van der Waals surface area contributed by atoms with Crippen molar-refractivity contribution in [1.29, 1.82) is 0 Å². The predicted molar refractivity (Wildman–Crippen MR) is 121 cm³/mol. The number of carbonyl (C=O) groups is 1. The first kappa shape index (κ1) is 24.3. The number of hydrogen-bond donors (Lipinski definition) is 2. The van der Waals surface area contributed by atoms with Gasteiger partial charge in [0.2, 0.25) is 20.0 Å². The summed E-state index contributed by atoms with van der Waals surface area (Å²) in [5.41, 5.74) is 0.586. The summed E-state index contributed by atoms with van der Waals surface area (Å²) in [6.45, 7) is 1.67. The minimum atomic E-state index is -3.66. The summed E-state index contributed by atoms with van der Waals surface area (Å²) in [5.74, 6) is -0.489. The molecule has 32 heavy (non-hydrogen) atoms. The Bertz CT molecular complexity index is 1140. The minimum Gasteiger partial charge on any atom is -0.385 e. The van der Waals surface area contributed by atoms with Crippen molar-refractivity contribution in [3.05, 3.63) is 54.1 Å². The number of nitrogens with zero attached hydrogens (tertiary/aromatic N) is 1. The number of sulfonamides is 2. The average Bonchev–Trinajstić information content (AvgIpc) is 3.33. The van der Waals surface area contributed by atoms with Gasteiger partial charge in [-0.25, -0.2) is 21.6 Å². The van der Waals surface area contributed by atoms with Crippen molar-refractivity contribution in [2.24, 2.45) is 0 Å². The van der Waals surface area contributed by atoms with E-state index in [4.69, 9.17) is 4.74 Å². The molecule has 1 aliphatic heterocycles. The summed E-state index contributed by atoms with van der Waals surface area (Å²) in [6, 6.07) is 11.6. The number of methoxy groups -OCH3 is 1. The smallest absolute Gasteiger partial charge is 0.255 e. The molecule has 0 aromatic heterocycles. The highest BCUT2D eigenvalue weighted by molar-refractivity contribution is 7.89. The highest BCUT2D eigenvalue weighted by atomic mass is 32.2. The molecule has 1 saturated heterocycles. The number of anilines is 1. The molecule has 1 amide bonds. The molecular weight excluding hydrogens is 454 g/mol. The second-order valence-corrected chi connectivity index (χ2v) is 11.1. The van der Waals surface area contributed by atoms with Gasteiger partial charge in [0, 0.05) is 44.6 Å². The predicted octanol–water partition coefficient (Wildman–Crippen LogP) is 2.04. The number of nitrogens with one attached hydrogen (secondary N) is 2. The molecule has 2 aromatic rings. The minimum absolute atomic E-state index is 0.0756. The number of carbonyl (C=O) groups excluding carboxylic acids is 1. The lowest BCUT2D eigenvalue weighted by molar-refractivity contribution is 0.102. The molecule has 2 N–H and O–H groups in total. The lowest BCUT2D eigenvalue weighted by Crippen LogP contribution is -2.28. The molecular formula is C21H27N3O6S2. The van der Waals surface area contributed by atoms with Gasteiger partial charge in [0.15, 0.2) is 0 Å². The van der Waals surface area contributed by atoms with Crippen LogP contribution in [-0.4, -0.2) is 60.4 Å². The van der Waals surface area contributed by atoms with Gasteiger partial charge in [-0.1, -0.05) is 6.07 Å². The van der Waals surface area contributed by atoms with Gasteiger partial charge < -0.3 is 10.1 Å². The number of rotatable bonds is 10. The van der Waals surface area contributed by atoms with Crippen LogP contribution in [0.3, 0.4) is 0 Å². The zero-order chi connectivity index (χ0) is 23.2. The second kappa shape index (κ2) is 10.5. The van der Waals surface area contributed by atoms with Crippen LogP contribution in [0.1, 0.15) is 29.6 Å². The molecule has 1 fully saturated rings. The van der Waals surface area contributed by atoms with Gasteiger partial charge in [-0.3, -0.25) is 4.79 Å². The van der Waals surface area contributed by atoms with E-state index in [0.29, 0.717) is 31.8 Å². The van der Waals surface area contributed by atoms with Gasteiger partial charge in [-0.15, -0.1) is 0 Å². The first-order chi connectivity index (χ1) is 15.2. The van der Waals surface area contributed by atoms with Crippen LogP contribution in [0, 0.1) is 0 Å². The maximum atomic E-state index is 12.7. The van der Waals surface area contributed by atoms with E-state index in [9.17, 15) is 21.6 Å². The molecule has 1 aliphatic rings. The Morgan fingerprint density at radius 1 is 1.00 bits per heavy atom. The molecule has 3 rings (SSSR count). The van der Waals surface area contributed by atoms with Crippen LogP contribution >= 0.6 is 0 Å². The van der Waals surface area contributed by atoms with E-state index >= 15 is 0 Å². The molecule has 0 unspecified atom stereocenters. The zero-order valence-corrected chi connectivity index (χ0v) is 19.4. The van der Waals surface area contributed by atoms with Crippen LogP contribution in [-0.2, 0) is 24.8 Å². The van der Waals surface area contributed by atoms with Crippen molar-refractivity contribution in [2.45, 2.75) is 29.1 Å². The Hall–Kier alpha value is -2.31. The van der Waals surface area contributed by atoms with Crippen molar-refractivity contribution >= 4 is 31.6 Å². The summed E-state index contributed by atoms with van der Waals surface area (Å²) >= 11 is 0. The normalized spacial score (nSPS) is 15.0. The van der Waals surface area contributed by atoms with Gasteiger partial charge in [0.05, 0.1) is 9.79 Å². The molecule has 174 valence electrons. The van der Waals surface area contributed by atoms with Gasteiger partial charge in [-0.2, -0.15) is 4.31 Å². The first-order valence-electron chi connectivity index (χ1n) is 10.2. The fourth-order valence-corrected chi connectivity index (χ4v) is 5.94. The molecule has 11 heteroatoms. The molecule has 1 heterocycles. The van der Waals surface area contributed by atoms with Crippen molar-refractivity contribution in [2.75, 3.05) is 38.7 Å². The van der Waals surface area contributed by atoms with Crippen molar-refractivity contribution < 1.29 is 26.4 Å². The van der Waals surface area contributed by atoms with Crippen LogP contribution in [0.2, 0.25) is 0 Å². The fraction of sp³-hybridized carbons (Fsp3) is 0.381. The highest BCUT2D eigenvalue weighted by Crippen LogP contribution is 2.22. The molecule has 0 saturated carbocycles. The second-order valence-electron chi connectivity index (χ2n) is 7.36. The van der Waals surface area contributed by atoms with E-state index < -0.39 is 26.0 Å². The summed E-state index contributed by atoms with van der Waals surface area (Å²) in [4.78, 5) is 12.8. The number of hydrogen-bond acceptors (Lipinski definition) is 6.